The molecule has 21 heavy (non-hydrogen) atoms. The molecule has 0 N–H and O–H groups in total. The normalized spacial score (nSPS) is 13.2. The quantitative estimate of drug-likeness (QED) is 0.668. The summed E-state index contributed by atoms with van der Waals surface area (Å²) >= 11 is 0. The SMILES string of the molecule is CC(C)(C)COP(=O)(OCC(C)(C)C)Oc1ccccc1. The molecule has 0 radical (unpaired) electrons. The third-order valence-electron chi connectivity index (χ3n) is 2.27. The lowest BCUT2D eigenvalue weighted by molar-refractivity contribution is 0.0919. The number of para-hydroxylation sites is 1. The standard InChI is InChI=1S/C16H27O4P/c1-15(2,3)12-18-21(17,19-13-16(4,5)6)20-14-10-8-7-9-11-14/h7-11H,12-13H2,1-6H3. The van der Waals surface area contributed by atoms with Gasteiger partial charge in [0.05, 0.1) is 13.2 Å². The first-order valence-electron chi connectivity index (χ1n) is 7.13. The van der Waals surface area contributed by atoms with Gasteiger partial charge in [-0.25, -0.2) is 4.57 Å². The fourth-order valence-electron chi connectivity index (χ4n) is 1.25. The van der Waals surface area contributed by atoms with Gasteiger partial charge >= 0.3 is 7.82 Å². The first-order valence-corrected chi connectivity index (χ1v) is 8.59. The smallest absolute Gasteiger partial charge is 0.404 e. The lowest BCUT2D eigenvalue weighted by Crippen LogP contribution is -2.19. The van der Waals surface area contributed by atoms with Crippen LogP contribution in [0.4, 0.5) is 0 Å². The second kappa shape index (κ2) is 6.95. The molecule has 0 saturated carbocycles. The van der Waals surface area contributed by atoms with Gasteiger partial charge in [0, 0.05) is 0 Å². The molecule has 1 aromatic rings. The van der Waals surface area contributed by atoms with Crippen molar-refractivity contribution in [1.82, 2.24) is 0 Å². The van der Waals surface area contributed by atoms with Crippen LogP contribution in [0.25, 0.3) is 0 Å². The number of phosphoric ester groups is 1. The number of phosphoric acid groups is 1. The van der Waals surface area contributed by atoms with Gasteiger partial charge in [0.25, 0.3) is 0 Å². The minimum Gasteiger partial charge on any atom is -0.404 e. The molecule has 0 aliphatic rings. The Kier molecular flexibility index (Phi) is 6.03. The monoisotopic (exact) mass is 314 g/mol. The summed E-state index contributed by atoms with van der Waals surface area (Å²) in [4.78, 5) is 0. The Balaban J connectivity index is 2.80. The van der Waals surface area contributed by atoms with Crippen molar-refractivity contribution in [3.8, 4) is 5.75 Å². The zero-order valence-electron chi connectivity index (χ0n) is 13.9. The predicted molar refractivity (Wildman–Crippen MR) is 85.5 cm³/mol. The summed E-state index contributed by atoms with van der Waals surface area (Å²) in [5.74, 6) is 0.476. The molecule has 0 aliphatic heterocycles. The average molecular weight is 314 g/mol. The van der Waals surface area contributed by atoms with Crippen molar-refractivity contribution in [1.29, 1.82) is 0 Å². The molecule has 0 saturated heterocycles. The van der Waals surface area contributed by atoms with Gasteiger partial charge in [0.1, 0.15) is 5.75 Å². The third-order valence-corrected chi connectivity index (χ3v) is 3.60. The van der Waals surface area contributed by atoms with Crippen LogP contribution in [0.2, 0.25) is 0 Å². The van der Waals surface area contributed by atoms with Crippen molar-refractivity contribution >= 4 is 7.82 Å². The summed E-state index contributed by atoms with van der Waals surface area (Å²) in [7, 11) is -3.63. The largest absolute Gasteiger partial charge is 0.530 e. The molecule has 0 spiro atoms. The van der Waals surface area contributed by atoms with Crippen molar-refractivity contribution in [3.05, 3.63) is 30.3 Å². The van der Waals surface area contributed by atoms with E-state index in [0.717, 1.165) is 0 Å². The summed E-state index contributed by atoms with van der Waals surface area (Å²) in [5.41, 5.74) is -0.248. The Hall–Kier alpha value is -0.830. The van der Waals surface area contributed by atoms with E-state index < -0.39 is 7.82 Å². The second-order valence-corrected chi connectivity index (χ2v) is 9.11. The molecule has 1 aromatic carbocycles. The summed E-state index contributed by atoms with van der Waals surface area (Å²) < 4.78 is 29.3. The molecule has 0 aliphatic carbocycles. The molecule has 1 rings (SSSR count). The Bertz CT molecular complexity index is 449. The fourth-order valence-corrected chi connectivity index (χ4v) is 2.90. The molecule has 0 aromatic heterocycles. The first kappa shape index (κ1) is 18.2. The summed E-state index contributed by atoms with van der Waals surface area (Å²) in [5, 5.41) is 0. The van der Waals surface area contributed by atoms with Gasteiger partial charge in [0.15, 0.2) is 0 Å². The average Bonchev–Trinajstić information content (AvgIpc) is 2.34. The Morgan fingerprint density at radius 1 is 0.857 bits per heavy atom. The molecule has 0 heterocycles. The molecular weight excluding hydrogens is 287 g/mol. The summed E-state index contributed by atoms with van der Waals surface area (Å²) in [6.45, 7) is 12.6. The van der Waals surface area contributed by atoms with Crippen LogP contribution >= 0.6 is 7.82 Å². The van der Waals surface area contributed by atoms with Crippen LogP contribution in [0.1, 0.15) is 41.5 Å². The Morgan fingerprint density at radius 3 is 1.67 bits per heavy atom. The van der Waals surface area contributed by atoms with Crippen LogP contribution in [0, 0.1) is 10.8 Å². The van der Waals surface area contributed by atoms with Crippen LogP contribution in [0.15, 0.2) is 30.3 Å². The van der Waals surface area contributed by atoms with Gasteiger partial charge in [-0.15, -0.1) is 0 Å². The highest BCUT2D eigenvalue weighted by atomic mass is 31.2. The van der Waals surface area contributed by atoms with Gasteiger partial charge in [-0.3, -0.25) is 9.05 Å². The molecule has 0 fully saturated rings. The zero-order valence-corrected chi connectivity index (χ0v) is 14.8. The van der Waals surface area contributed by atoms with E-state index in [1.54, 1.807) is 12.1 Å². The maximum absolute atomic E-state index is 12.8. The number of hydrogen-bond donors (Lipinski definition) is 0. The van der Waals surface area contributed by atoms with Crippen molar-refractivity contribution in [2.75, 3.05) is 13.2 Å². The van der Waals surface area contributed by atoms with Crippen molar-refractivity contribution in [3.63, 3.8) is 0 Å². The minimum atomic E-state index is -3.63. The number of benzene rings is 1. The molecule has 0 atom stereocenters. The summed E-state index contributed by atoms with van der Waals surface area (Å²) in [6, 6.07) is 8.95. The van der Waals surface area contributed by atoms with Crippen LogP contribution in [-0.2, 0) is 13.6 Å². The third kappa shape index (κ3) is 8.25. The van der Waals surface area contributed by atoms with Crippen molar-refractivity contribution < 1.29 is 18.1 Å². The van der Waals surface area contributed by atoms with E-state index in [2.05, 4.69) is 0 Å². The lowest BCUT2D eigenvalue weighted by Gasteiger charge is -2.26. The molecule has 4 nitrogen and oxygen atoms in total. The molecule has 0 bridgehead atoms. The summed E-state index contributed by atoms with van der Waals surface area (Å²) in [6.07, 6.45) is 0. The van der Waals surface area contributed by atoms with Gasteiger partial charge in [-0.2, -0.15) is 0 Å². The number of hydrogen-bond acceptors (Lipinski definition) is 4. The Morgan fingerprint density at radius 2 is 1.29 bits per heavy atom. The number of rotatable bonds is 6. The highest BCUT2D eigenvalue weighted by Crippen LogP contribution is 2.51. The van der Waals surface area contributed by atoms with Crippen molar-refractivity contribution in [2.45, 2.75) is 41.5 Å². The second-order valence-electron chi connectivity index (χ2n) is 7.52. The molecule has 0 unspecified atom stereocenters. The van der Waals surface area contributed by atoms with E-state index in [1.165, 1.54) is 0 Å². The van der Waals surface area contributed by atoms with Gasteiger partial charge in [-0.05, 0) is 23.0 Å². The van der Waals surface area contributed by atoms with E-state index in [9.17, 15) is 4.57 Å². The Labute approximate surface area is 128 Å². The topological polar surface area (TPSA) is 44.8 Å². The molecule has 120 valence electrons. The van der Waals surface area contributed by atoms with Gasteiger partial charge in [0.2, 0.25) is 0 Å². The highest BCUT2D eigenvalue weighted by molar-refractivity contribution is 7.48. The van der Waals surface area contributed by atoms with E-state index in [-0.39, 0.29) is 10.8 Å². The van der Waals surface area contributed by atoms with E-state index in [0.29, 0.717) is 19.0 Å². The van der Waals surface area contributed by atoms with E-state index >= 15 is 0 Å². The maximum Gasteiger partial charge on any atom is 0.530 e. The van der Waals surface area contributed by atoms with Crippen LogP contribution < -0.4 is 4.52 Å². The minimum absolute atomic E-state index is 0.124. The van der Waals surface area contributed by atoms with Gasteiger partial charge < -0.3 is 4.52 Å². The zero-order chi connectivity index (χ0) is 16.1. The van der Waals surface area contributed by atoms with E-state index in [4.69, 9.17) is 13.6 Å². The van der Waals surface area contributed by atoms with Gasteiger partial charge in [-0.1, -0.05) is 59.7 Å². The van der Waals surface area contributed by atoms with Crippen LogP contribution in [-0.4, -0.2) is 13.2 Å². The first-order chi connectivity index (χ1) is 9.49. The maximum atomic E-state index is 12.8. The molecular formula is C16H27O4P. The predicted octanol–water partition coefficient (Wildman–Crippen LogP) is 5.30. The van der Waals surface area contributed by atoms with Crippen molar-refractivity contribution in [2.24, 2.45) is 10.8 Å². The highest BCUT2D eigenvalue weighted by Gasteiger charge is 2.32. The van der Waals surface area contributed by atoms with E-state index in [1.807, 2.05) is 59.7 Å². The molecule has 0 amide bonds. The lowest BCUT2D eigenvalue weighted by atomic mass is 9.99. The van der Waals surface area contributed by atoms with Crippen LogP contribution in [0.3, 0.4) is 0 Å². The fraction of sp³-hybridized carbons (Fsp3) is 0.625. The molecule has 5 heteroatoms. The van der Waals surface area contributed by atoms with Crippen LogP contribution in [0.5, 0.6) is 5.75 Å².